The van der Waals surface area contributed by atoms with Gasteiger partial charge in [0.1, 0.15) is 5.82 Å². The molecule has 10 heteroatoms. The average Bonchev–Trinajstić information content (AvgIpc) is 3.23. The van der Waals surface area contributed by atoms with Crippen LogP contribution in [-0.4, -0.2) is 44.8 Å². The van der Waals surface area contributed by atoms with E-state index >= 15 is 0 Å². The molecule has 1 saturated heterocycles. The molecule has 0 radical (unpaired) electrons. The summed E-state index contributed by atoms with van der Waals surface area (Å²) in [5.74, 6) is 2.62. The Morgan fingerprint density at radius 3 is 2.73 bits per heavy atom. The highest BCUT2D eigenvalue weighted by Gasteiger charge is 2.33. The third kappa shape index (κ3) is 4.17. The van der Waals surface area contributed by atoms with Crippen LogP contribution >= 0.6 is 11.8 Å². The summed E-state index contributed by atoms with van der Waals surface area (Å²) in [6.45, 7) is 10.3. The van der Waals surface area contributed by atoms with Gasteiger partial charge in [0.25, 0.3) is 0 Å². The Morgan fingerprint density at radius 1 is 1.38 bits per heavy atom. The Balaban J connectivity index is 1.76. The first-order valence-electron chi connectivity index (χ1n) is 8.40. The summed E-state index contributed by atoms with van der Waals surface area (Å²) in [6.07, 6.45) is 2.34. The van der Waals surface area contributed by atoms with Crippen molar-refractivity contribution in [2.45, 2.75) is 56.0 Å². The van der Waals surface area contributed by atoms with Gasteiger partial charge in [-0.1, -0.05) is 43.8 Å². The summed E-state index contributed by atoms with van der Waals surface area (Å²) < 4.78 is 30.8. The van der Waals surface area contributed by atoms with Crippen LogP contribution in [0.4, 0.5) is 0 Å². The molecule has 2 aromatic heterocycles. The van der Waals surface area contributed by atoms with Crippen LogP contribution in [0.25, 0.3) is 0 Å². The van der Waals surface area contributed by atoms with Crippen molar-refractivity contribution in [1.82, 2.24) is 24.9 Å². The van der Waals surface area contributed by atoms with Crippen LogP contribution in [0.3, 0.4) is 0 Å². The zero-order valence-electron chi connectivity index (χ0n) is 15.2. The quantitative estimate of drug-likeness (QED) is 0.540. The van der Waals surface area contributed by atoms with Crippen LogP contribution in [0.5, 0.6) is 0 Å². The lowest BCUT2D eigenvalue weighted by molar-refractivity contribution is 0.319. The van der Waals surface area contributed by atoms with Gasteiger partial charge in [-0.25, -0.2) is 8.42 Å². The molecule has 0 amide bonds. The second-order valence-corrected chi connectivity index (χ2v) is 10.6. The van der Waals surface area contributed by atoms with Crippen molar-refractivity contribution in [2.24, 2.45) is 0 Å². The third-order valence-electron chi connectivity index (χ3n) is 4.09. The number of hydrogen-bond acceptors (Lipinski definition) is 8. The first kappa shape index (κ1) is 19.1. The van der Waals surface area contributed by atoms with Crippen LogP contribution in [0, 0.1) is 0 Å². The molecule has 0 spiro atoms. The second kappa shape index (κ2) is 7.15. The van der Waals surface area contributed by atoms with Crippen molar-refractivity contribution in [2.75, 3.05) is 11.5 Å². The number of sulfone groups is 1. The predicted octanol–water partition coefficient (Wildman–Crippen LogP) is 2.34. The summed E-state index contributed by atoms with van der Waals surface area (Å²) in [5, 5.41) is 13.2. The first-order chi connectivity index (χ1) is 12.2. The van der Waals surface area contributed by atoms with E-state index in [1.165, 1.54) is 11.8 Å². The molecule has 1 fully saturated rings. The minimum Gasteiger partial charge on any atom is -0.339 e. The molecule has 3 rings (SSSR count). The molecular weight excluding hydrogens is 374 g/mol. The molecule has 142 valence electrons. The lowest BCUT2D eigenvalue weighted by atomic mass is 9.97. The fourth-order valence-electron chi connectivity index (χ4n) is 2.75. The minimum absolute atomic E-state index is 0.112. The van der Waals surface area contributed by atoms with E-state index in [1.54, 1.807) is 6.08 Å². The van der Waals surface area contributed by atoms with Gasteiger partial charge in [-0.05, 0) is 6.42 Å². The van der Waals surface area contributed by atoms with Crippen LogP contribution in [0.2, 0.25) is 0 Å². The summed E-state index contributed by atoms with van der Waals surface area (Å²) >= 11 is 1.45. The van der Waals surface area contributed by atoms with E-state index in [9.17, 15) is 8.42 Å². The molecule has 0 N–H and O–H groups in total. The van der Waals surface area contributed by atoms with E-state index in [1.807, 2.05) is 25.3 Å². The molecule has 0 unspecified atom stereocenters. The van der Waals surface area contributed by atoms with Crippen molar-refractivity contribution >= 4 is 21.6 Å². The number of allylic oxidation sites excluding steroid dienone is 1. The number of rotatable bonds is 6. The largest absolute Gasteiger partial charge is 0.339 e. The standard InChI is InChI=1S/C16H23N5O3S2/c1-5-7-21-13(11-6-8-26(22,23)10-11)18-19-15(21)25-9-12-17-14(24-20-12)16(2,3)4/h5,11H,1,6-10H2,2-4H3/t11-/m0/s1. The Bertz CT molecular complexity index is 895. The van der Waals surface area contributed by atoms with Crippen molar-refractivity contribution in [3.05, 3.63) is 30.2 Å². The normalized spacial score (nSPS) is 19.7. The maximum atomic E-state index is 11.8. The molecular formula is C16H23N5O3S2. The SMILES string of the molecule is C=CCn1c(SCc2noc(C(C)(C)C)n2)nnc1[C@H]1CCS(=O)(=O)C1. The van der Waals surface area contributed by atoms with Crippen molar-refractivity contribution < 1.29 is 12.9 Å². The summed E-state index contributed by atoms with van der Waals surface area (Å²) in [6, 6.07) is 0. The fraction of sp³-hybridized carbons (Fsp3) is 0.625. The van der Waals surface area contributed by atoms with Gasteiger partial charge in [0.2, 0.25) is 5.89 Å². The highest BCUT2D eigenvalue weighted by atomic mass is 32.2. The molecule has 1 aliphatic rings. The maximum Gasteiger partial charge on any atom is 0.232 e. The van der Waals surface area contributed by atoms with Crippen LogP contribution in [0.1, 0.15) is 50.6 Å². The van der Waals surface area contributed by atoms with Gasteiger partial charge in [0.15, 0.2) is 20.8 Å². The van der Waals surface area contributed by atoms with Gasteiger partial charge >= 0.3 is 0 Å². The number of thioether (sulfide) groups is 1. The lowest BCUT2D eigenvalue weighted by Gasteiger charge is -2.11. The zero-order valence-corrected chi connectivity index (χ0v) is 16.8. The lowest BCUT2D eigenvalue weighted by Crippen LogP contribution is -2.11. The first-order valence-corrected chi connectivity index (χ1v) is 11.2. The molecule has 2 aromatic rings. The molecule has 8 nitrogen and oxygen atoms in total. The third-order valence-corrected chi connectivity index (χ3v) is 6.83. The van der Waals surface area contributed by atoms with E-state index in [4.69, 9.17) is 4.52 Å². The maximum absolute atomic E-state index is 11.8. The molecule has 3 heterocycles. The van der Waals surface area contributed by atoms with Crippen LogP contribution in [0.15, 0.2) is 22.3 Å². The smallest absolute Gasteiger partial charge is 0.232 e. The Hall–Kier alpha value is -1.68. The second-order valence-electron chi connectivity index (χ2n) is 7.39. The van der Waals surface area contributed by atoms with Gasteiger partial charge < -0.3 is 9.09 Å². The zero-order chi connectivity index (χ0) is 18.9. The number of hydrogen-bond donors (Lipinski definition) is 0. The molecule has 0 aromatic carbocycles. The number of aromatic nitrogens is 5. The Labute approximate surface area is 157 Å². The van der Waals surface area contributed by atoms with Crippen LogP contribution < -0.4 is 0 Å². The van der Waals surface area contributed by atoms with Gasteiger partial charge in [-0.3, -0.25) is 0 Å². The molecule has 26 heavy (non-hydrogen) atoms. The van der Waals surface area contributed by atoms with Crippen molar-refractivity contribution in [1.29, 1.82) is 0 Å². The van der Waals surface area contributed by atoms with E-state index in [0.29, 0.717) is 41.4 Å². The van der Waals surface area contributed by atoms with E-state index < -0.39 is 9.84 Å². The van der Waals surface area contributed by atoms with Crippen molar-refractivity contribution in [3.8, 4) is 0 Å². The average molecular weight is 398 g/mol. The molecule has 0 aliphatic carbocycles. The van der Waals surface area contributed by atoms with E-state index in [2.05, 4.69) is 26.9 Å². The van der Waals surface area contributed by atoms with Gasteiger partial charge in [0, 0.05) is 17.9 Å². The predicted molar refractivity (Wildman–Crippen MR) is 98.8 cm³/mol. The number of nitrogens with zero attached hydrogens (tertiary/aromatic N) is 5. The van der Waals surface area contributed by atoms with Gasteiger partial charge in [-0.2, -0.15) is 4.98 Å². The summed E-state index contributed by atoms with van der Waals surface area (Å²) in [5.41, 5.74) is -0.195. The molecule has 0 bridgehead atoms. The fourth-order valence-corrected chi connectivity index (χ4v) is 5.29. The monoisotopic (exact) mass is 397 g/mol. The summed E-state index contributed by atoms with van der Waals surface area (Å²) in [4.78, 5) is 4.42. The van der Waals surface area contributed by atoms with Crippen LogP contribution in [-0.2, 0) is 27.5 Å². The highest BCUT2D eigenvalue weighted by molar-refractivity contribution is 7.98. The molecule has 0 saturated carbocycles. The Morgan fingerprint density at radius 2 is 2.15 bits per heavy atom. The van der Waals surface area contributed by atoms with Gasteiger partial charge in [-0.15, -0.1) is 16.8 Å². The van der Waals surface area contributed by atoms with E-state index in [-0.39, 0.29) is 22.8 Å². The highest BCUT2D eigenvalue weighted by Crippen LogP contribution is 2.31. The molecule has 1 atom stereocenters. The summed E-state index contributed by atoms with van der Waals surface area (Å²) in [7, 11) is -2.98. The Kier molecular flexibility index (Phi) is 5.25. The molecule has 1 aliphatic heterocycles. The minimum atomic E-state index is -2.98. The van der Waals surface area contributed by atoms with Crippen molar-refractivity contribution in [3.63, 3.8) is 0 Å². The van der Waals surface area contributed by atoms with Gasteiger partial charge in [0.05, 0.1) is 17.3 Å². The topological polar surface area (TPSA) is 104 Å². The van der Waals surface area contributed by atoms with E-state index in [0.717, 1.165) is 0 Å².